The largest absolute Gasteiger partial charge is 0.465 e. The number of benzene rings is 2. The number of nitrogens with zero attached hydrogens (tertiary/aromatic N) is 2. The molecule has 1 aliphatic rings. The number of hydrogen-bond acceptors (Lipinski definition) is 6. The second-order valence-electron chi connectivity index (χ2n) is 7.23. The Labute approximate surface area is 187 Å². The van der Waals surface area contributed by atoms with E-state index in [0.29, 0.717) is 30.2 Å². The summed E-state index contributed by atoms with van der Waals surface area (Å²) in [5.41, 5.74) is 1.53. The smallest absolute Gasteiger partial charge is 0.337 e. The molecular formula is C21H25ClN2O4S2. The number of rotatable bonds is 7. The van der Waals surface area contributed by atoms with Crippen LogP contribution >= 0.6 is 23.5 Å². The minimum absolute atomic E-state index is 0.0643. The highest BCUT2D eigenvalue weighted by Gasteiger charge is 2.30. The van der Waals surface area contributed by atoms with E-state index < -0.39 is 10.0 Å². The van der Waals surface area contributed by atoms with Crippen molar-refractivity contribution in [1.29, 1.82) is 0 Å². The quantitative estimate of drug-likeness (QED) is 0.451. The highest BCUT2D eigenvalue weighted by atomic mass is 35.5. The minimum Gasteiger partial charge on any atom is -0.465 e. The monoisotopic (exact) mass is 468 g/mol. The van der Waals surface area contributed by atoms with Crippen LogP contribution in [0.25, 0.3) is 0 Å². The van der Waals surface area contributed by atoms with Gasteiger partial charge in [0.15, 0.2) is 0 Å². The molecule has 0 spiro atoms. The van der Waals surface area contributed by atoms with Gasteiger partial charge >= 0.3 is 5.97 Å². The molecule has 6 nitrogen and oxygen atoms in total. The molecule has 0 radical (unpaired) electrons. The Morgan fingerprint density at radius 3 is 2.47 bits per heavy atom. The SMILES string of the molecule is COC(=O)c1ccc(CN(Sc2ccc(Cl)cc2)C2CCCN(S(C)(=O)=O)C2)cc1. The minimum atomic E-state index is -3.23. The third-order valence-electron chi connectivity index (χ3n) is 4.99. The fraction of sp³-hybridized carbons (Fsp3) is 0.381. The maximum Gasteiger partial charge on any atom is 0.337 e. The second-order valence-corrected chi connectivity index (χ2v) is 10.8. The number of methoxy groups -OCH3 is 1. The van der Waals surface area contributed by atoms with E-state index in [1.54, 1.807) is 28.4 Å². The van der Waals surface area contributed by atoms with Gasteiger partial charge in [-0.15, -0.1) is 0 Å². The van der Waals surface area contributed by atoms with Crippen LogP contribution in [0.3, 0.4) is 0 Å². The van der Waals surface area contributed by atoms with Gasteiger partial charge in [-0.3, -0.25) is 0 Å². The van der Waals surface area contributed by atoms with E-state index in [9.17, 15) is 13.2 Å². The lowest BCUT2D eigenvalue weighted by Gasteiger charge is -2.37. The predicted octanol–water partition coefficient (Wildman–Crippen LogP) is 4.06. The van der Waals surface area contributed by atoms with Gasteiger partial charge in [-0.1, -0.05) is 23.7 Å². The number of esters is 1. The third-order valence-corrected chi connectivity index (χ3v) is 7.65. The highest BCUT2D eigenvalue weighted by molar-refractivity contribution is 7.97. The zero-order valence-electron chi connectivity index (χ0n) is 17.0. The number of ether oxygens (including phenoxy) is 1. The molecule has 1 heterocycles. The molecule has 0 aromatic heterocycles. The molecule has 1 atom stereocenters. The van der Waals surface area contributed by atoms with Crippen molar-refractivity contribution < 1.29 is 17.9 Å². The first-order valence-corrected chi connectivity index (χ1v) is 12.6. The van der Waals surface area contributed by atoms with Gasteiger partial charge in [0.05, 0.1) is 18.9 Å². The molecule has 0 saturated carbocycles. The van der Waals surface area contributed by atoms with Gasteiger partial charge in [-0.2, -0.15) is 0 Å². The van der Waals surface area contributed by atoms with E-state index in [2.05, 4.69) is 4.31 Å². The normalized spacial score (nSPS) is 17.8. The molecule has 1 unspecified atom stereocenters. The van der Waals surface area contributed by atoms with Crippen LogP contribution in [0, 0.1) is 0 Å². The number of carbonyl (C=O) groups is 1. The van der Waals surface area contributed by atoms with Gasteiger partial charge in [0, 0.05) is 35.6 Å². The Morgan fingerprint density at radius 2 is 1.87 bits per heavy atom. The van der Waals surface area contributed by atoms with Gasteiger partial charge in [-0.05, 0) is 66.8 Å². The zero-order valence-corrected chi connectivity index (χ0v) is 19.3. The van der Waals surface area contributed by atoms with E-state index in [4.69, 9.17) is 16.3 Å². The van der Waals surface area contributed by atoms with Gasteiger partial charge in [0.25, 0.3) is 0 Å². The molecule has 9 heteroatoms. The van der Waals surface area contributed by atoms with E-state index >= 15 is 0 Å². The third kappa shape index (κ3) is 6.21. The first kappa shape index (κ1) is 23.1. The summed E-state index contributed by atoms with van der Waals surface area (Å²) in [6, 6.07) is 15.0. The Morgan fingerprint density at radius 1 is 1.20 bits per heavy atom. The lowest BCUT2D eigenvalue weighted by molar-refractivity contribution is 0.0600. The van der Waals surface area contributed by atoms with E-state index in [0.717, 1.165) is 23.3 Å². The Hall–Kier alpha value is -1.58. The van der Waals surface area contributed by atoms with Crippen LogP contribution in [0.15, 0.2) is 53.4 Å². The average Bonchev–Trinajstić information content (AvgIpc) is 2.74. The summed E-state index contributed by atoms with van der Waals surface area (Å²) < 4.78 is 32.7. The van der Waals surface area contributed by atoms with Crippen LogP contribution in [-0.2, 0) is 21.3 Å². The molecule has 0 aliphatic carbocycles. The molecule has 3 rings (SSSR count). The van der Waals surface area contributed by atoms with Gasteiger partial charge < -0.3 is 4.74 Å². The fourth-order valence-electron chi connectivity index (χ4n) is 3.37. The van der Waals surface area contributed by atoms with Crippen LogP contribution in [0.4, 0.5) is 0 Å². The first-order chi connectivity index (χ1) is 14.3. The Kier molecular flexibility index (Phi) is 7.81. The van der Waals surface area contributed by atoms with Crippen LogP contribution in [0.2, 0.25) is 5.02 Å². The van der Waals surface area contributed by atoms with Crippen molar-refractivity contribution >= 4 is 39.5 Å². The summed E-state index contributed by atoms with van der Waals surface area (Å²) in [5, 5.41) is 0.671. The van der Waals surface area contributed by atoms with Gasteiger partial charge in [-0.25, -0.2) is 21.8 Å². The summed E-state index contributed by atoms with van der Waals surface area (Å²) in [6.07, 6.45) is 2.99. The molecule has 2 aromatic rings. The van der Waals surface area contributed by atoms with E-state index in [-0.39, 0.29) is 12.0 Å². The lowest BCUT2D eigenvalue weighted by Crippen LogP contribution is -2.47. The summed E-state index contributed by atoms with van der Waals surface area (Å²) >= 11 is 7.60. The summed E-state index contributed by atoms with van der Waals surface area (Å²) in [6.45, 7) is 1.62. The van der Waals surface area contributed by atoms with E-state index in [1.807, 2.05) is 36.4 Å². The van der Waals surface area contributed by atoms with Crippen LogP contribution in [-0.4, -0.2) is 55.5 Å². The van der Waals surface area contributed by atoms with Crippen molar-refractivity contribution in [1.82, 2.24) is 8.61 Å². The van der Waals surface area contributed by atoms with Crippen molar-refractivity contribution in [2.24, 2.45) is 0 Å². The highest BCUT2D eigenvalue weighted by Crippen LogP contribution is 2.31. The predicted molar refractivity (Wildman–Crippen MR) is 120 cm³/mol. The maximum atomic E-state index is 12.1. The lowest BCUT2D eigenvalue weighted by atomic mass is 10.1. The molecule has 0 amide bonds. The topological polar surface area (TPSA) is 66.9 Å². The zero-order chi connectivity index (χ0) is 21.7. The van der Waals surface area contributed by atoms with Crippen molar-refractivity contribution in [3.05, 3.63) is 64.7 Å². The van der Waals surface area contributed by atoms with Crippen LogP contribution in [0.5, 0.6) is 0 Å². The number of piperidine rings is 1. The van der Waals surface area contributed by atoms with Crippen LogP contribution in [0.1, 0.15) is 28.8 Å². The molecule has 1 fully saturated rings. The van der Waals surface area contributed by atoms with Crippen LogP contribution < -0.4 is 0 Å². The van der Waals surface area contributed by atoms with Gasteiger partial charge in [0.1, 0.15) is 0 Å². The Balaban J connectivity index is 1.81. The van der Waals surface area contributed by atoms with Crippen molar-refractivity contribution in [3.63, 3.8) is 0 Å². The number of halogens is 1. The number of hydrogen-bond donors (Lipinski definition) is 0. The van der Waals surface area contributed by atoms with E-state index in [1.165, 1.54) is 13.4 Å². The molecule has 162 valence electrons. The summed E-state index contributed by atoms with van der Waals surface area (Å²) in [5.74, 6) is -0.370. The second kappa shape index (κ2) is 10.2. The average molecular weight is 469 g/mol. The first-order valence-electron chi connectivity index (χ1n) is 9.59. The molecular weight excluding hydrogens is 444 g/mol. The molecule has 0 bridgehead atoms. The maximum absolute atomic E-state index is 12.1. The number of carbonyl (C=O) groups excluding carboxylic acids is 1. The van der Waals surface area contributed by atoms with Crippen molar-refractivity contribution in [3.8, 4) is 0 Å². The van der Waals surface area contributed by atoms with Crippen molar-refractivity contribution in [2.45, 2.75) is 30.3 Å². The number of sulfonamides is 1. The standard InChI is InChI=1S/C21H25ClN2O4S2/c1-28-21(25)17-7-5-16(6-8-17)14-24(29-20-11-9-18(22)10-12-20)19-4-3-13-23(15-19)30(2,26)27/h5-12,19H,3-4,13-15H2,1-2H3. The summed E-state index contributed by atoms with van der Waals surface area (Å²) in [4.78, 5) is 12.7. The molecule has 1 aliphatic heterocycles. The fourth-order valence-corrected chi connectivity index (χ4v) is 5.46. The molecule has 1 saturated heterocycles. The van der Waals surface area contributed by atoms with Gasteiger partial charge in [0.2, 0.25) is 10.0 Å². The molecule has 2 aromatic carbocycles. The summed E-state index contributed by atoms with van der Waals surface area (Å²) in [7, 11) is -1.87. The molecule has 0 N–H and O–H groups in total. The molecule has 30 heavy (non-hydrogen) atoms. The Bertz CT molecular complexity index is 966. The van der Waals surface area contributed by atoms with Crippen molar-refractivity contribution in [2.75, 3.05) is 26.5 Å².